The van der Waals surface area contributed by atoms with Gasteiger partial charge < -0.3 is 5.32 Å². The Labute approximate surface area is 120 Å². The molecule has 0 saturated heterocycles. The standard InChI is InChI=1S/C14H11ClN4O/c1-9-16-13-12(3-2-8-19(13)18-9)17-14(20)10-4-6-11(15)7-5-10/h2-8H,1H3,(H,17,20). The van der Waals surface area contributed by atoms with E-state index in [9.17, 15) is 4.79 Å². The van der Waals surface area contributed by atoms with Crippen molar-refractivity contribution < 1.29 is 4.79 Å². The molecule has 2 heterocycles. The molecule has 0 fully saturated rings. The lowest BCUT2D eigenvalue weighted by molar-refractivity contribution is 0.102. The maximum Gasteiger partial charge on any atom is 0.255 e. The minimum atomic E-state index is -0.213. The molecule has 3 rings (SSSR count). The predicted molar refractivity (Wildman–Crippen MR) is 77.1 cm³/mol. The summed E-state index contributed by atoms with van der Waals surface area (Å²) >= 11 is 5.80. The van der Waals surface area contributed by atoms with Gasteiger partial charge in [-0.15, -0.1) is 0 Å². The van der Waals surface area contributed by atoms with Crippen LogP contribution in [0.2, 0.25) is 5.02 Å². The number of carbonyl (C=O) groups excluding carboxylic acids is 1. The van der Waals surface area contributed by atoms with Crippen LogP contribution >= 0.6 is 11.6 Å². The van der Waals surface area contributed by atoms with E-state index in [1.807, 2.05) is 0 Å². The molecule has 0 unspecified atom stereocenters. The molecule has 3 aromatic rings. The van der Waals surface area contributed by atoms with E-state index in [2.05, 4.69) is 15.4 Å². The van der Waals surface area contributed by atoms with Crippen molar-refractivity contribution in [3.8, 4) is 0 Å². The first-order chi connectivity index (χ1) is 9.63. The van der Waals surface area contributed by atoms with Crippen molar-refractivity contribution in [3.63, 3.8) is 0 Å². The average Bonchev–Trinajstić information content (AvgIpc) is 2.81. The molecular formula is C14H11ClN4O. The lowest BCUT2D eigenvalue weighted by atomic mass is 10.2. The topological polar surface area (TPSA) is 59.3 Å². The number of nitrogens with one attached hydrogen (secondary N) is 1. The predicted octanol–water partition coefficient (Wildman–Crippen LogP) is 2.94. The number of nitrogens with zero attached hydrogens (tertiary/aromatic N) is 3. The molecular weight excluding hydrogens is 276 g/mol. The van der Waals surface area contributed by atoms with Crippen molar-refractivity contribution in [3.05, 3.63) is 59.0 Å². The van der Waals surface area contributed by atoms with Gasteiger partial charge in [0.05, 0.1) is 5.69 Å². The van der Waals surface area contributed by atoms with Crippen molar-refractivity contribution in [2.24, 2.45) is 0 Å². The van der Waals surface area contributed by atoms with Gasteiger partial charge in [-0.3, -0.25) is 4.79 Å². The second-order valence-corrected chi connectivity index (χ2v) is 4.75. The Hall–Kier alpha value is -2.40. The van der Waals surface area contributed by atoms with E-state index in [1.54, 1.807) is 54.0 Å². The average molecular weight is 287 g/mol. The summed E-state index contributed by atoms with van der Waals surface area (Å²) in [6.45, 7) is 1.80. The van der Waals surface area contributed by atoms with Crippen molar-refractivity contribution in [1.82, 2.24) is 14.6 Å². The first kappa shape index (κ1) is 12.6. The quantitative estimate of drug-likeness (QED) is 0.788. The summed E-state index contributed by atoms with van der Waals surface area (Å²) in [5.41, 5.74) is 1.77. The van der Waals surface area contributed by atoms with Gasteiger partial charge in [0.1, 0.15) is 5.82 Å². The number of anilines is 1. The smallest absolute Gasteiger partial charge is 0.255 e. The molecule has 1 amide bonds. The highest BCUT2D eigenvalue weighted by Gasteiger charge is 2.10. The molecule has 0 atom stereocenters. The highest BCUT2D eigenvalue weighted by molar-refractivity contribution is 6.30. The number of halogens is 1. The monoisotopic (exact) mass is 286 g/mol. The molecule has 0 bridgehead atoms. The zero-order valence-electron chi connectivity index (χ0n) is 10.7. The van der Waals surface area contributed by atoms with Gasteiger partial charge >= 0.3 is 0 Å². The number of hydrogen-bond acceptors (Lipinski definition) is 3. The number of pyridine rings is 1. The van der Waals surface area contributed by atoms with Crippen molar-refractivity contribution in [2.75, 3.05) is 5.32 Å². The Morgan fingerprint density at radius 2 is 2.00 bits per heavy atom. The van der Waals surface area contributed by atoms with Crippen molar-refractivity contribution in [2.45, 2.75) is 6.92 Å². The van der Waals surface area contributed by atoms with Crippen molar-refractivity contribution >= 4 is 28.8 Å². The number of aryl methyl sites for hydroxylation is 1. The van der Waals surface area contributed by atoms with Crippen LogP contribution in [-0.2, 0) is 0 Å². The van der Waals surface area contributed by atoms with Gasteiger partial charge in [0.25, 0.3) is 5.91 Å². The summed E-state index contributed by atoms with van der Waals surface area (Å²) in [5, 5.41) is 7.63. The number of rotatable bonds is 2. The third kappa shape index (κ3) is 2.35. The minimum Gasteiger partial charge on any atom is -0.319 e. The minimum absolute atomic E-state index is 0.213. The van der Waals surface area contributed by atoms with Crippen LogP contribution in [0, 0.1) is 6.92 Å². The largest absolute Gasteiger partial charge is 0.319 e. The Balaban J connectivity index is 1.93. The summed E-state index contributed by atoms with van der Waals surface area (Å²) in [4.78, 5) is 16.5. The molecule has 1 aromatic carbocycles. The van der Waals surface area contributed by atoms with Gasteiger partial charge in [0, 0.05) is 16.8 Å². The molecule has 0 saturated carbocycles. The van der Waals surface area contributed by atoms with Gasteiger partial charge in [0.2, 0.25) is 0 Å². The number of amides is 1. The van der Waals surface area contributed by atoms with Crippen LogP contribution in [0.5, 0.6) is 0 Å². The molecule has 100 valence electrons. The van der Waals surface area contributed by atoms with Crippen LogP contribution in [-0.4, -0.2) is 20.5 Å². The normalized spacial score (nSPS) is 10.7. The fourth-order valence-electron chi connectivity index (χ4n) is 1.91. The Bertz CT molecular complexity index is 779. The number of aromatic nitrogens is 3. The van der Waals surface area contributed by atoms with Crippen LogP contribution in [0.25, 0.3) is 5.65 Å². The van der Waals surface area contributed by atoms with Crippen LogP contribution in [0.15, 0.2) is 42.6 Å². The fraction of sp³-hybridized carbons (Fsp3) is 0.0714. The van der Waals surface area contributed by atoms with Crippen LogP contribution in [0.4, 0.5) is 5.69 Å². The lowest BCUT2D eigenvalue weighted by Gasteiger charge is -2.06. The second-order valence-electron chi connectivity index (χ2n) is 4.31. The molecule has 20 heavy (non-hydrogen) atoms. The van der Waals surface area contributed by atoms with Gasteiger partial charge in [-0.1, -0.05) is 11.6 Å². The SMILES string of the molecule is Cc1nc2c(NC(=O)c3ccc(Cl)cc3)cccn2n1. The van der Waals surface area contributed by atoms with E-state index in [0.29, 0.717) is 27.7 Å². The Kier molecular flexibility index (Phi) is 3.12. The first-order valence-corrected chi connectivity index (χ1v) is 6.40. The summed E-state index contributed by atoms with van der Waals surface area (Å²) in [6, 6.07) is 10.3. The first-order valence-electron chi connectivity index (χ1n) is 6.02. The number of hydrogen-bond donors (Lipinski definition) is 1. The maximum absolute atomic E-state index is 12.2. The van der Waals surface area contributed by atoms with E-state index in [-0.39, 0.29) is 5.91 Å². The van der Waals surface area contributed by atoms with Gasteiger partial charge in [0.15, 0.2) is 5.65 Å². The zero-order chi connectivity index (χ0) is 14.1. The van der Waals surface area contributed by atoms with Crippen LogP contribution < -0.4 is 5.32 Å². The van der Waals surface area contributed by atoms with Crippen LogP contribution in [0.3, 0.4) is 0 Å². The number of benzene rings is 1. The lowest BCUT2D eigenvalue weighted by Crippen LogP contribution is -2.12. The molecule has 6 heteroatoms. The molecule has 0 aliphatic heterocycles. The fourth-order valence-corrected chi connectivity index (χ4v) is 2.03. The van der Waals surface area contributed by atoms with Crippen molar-refractivity contribution in [1.29, 1.82) is 0 Å². The summed E-state index contributed by atoms with van der Waals surface area (Å²) in [5.74, 6) is 0.439. The van der Waals surface area contributed by atoms with E-state index in [4.69, 9.17) is 11.6 Å². The molecule has 0 aliphatic rings. The van der Waals surface area contributed by atoms with E-state index >= 15 is 0 Å². The molecule has 2 aromatic heterocycles. The van der Waals surface area contributed by atoms with E-state index in [0.717, 1.165) is 0 Å². The highest BCUT2D eigenvalue weighted by Crippen LogP contribution is 2.16. The maximum atomic E-state index is 12.2. The number of fused-ring (bicyclic) bond motifs is 1. The third-order valence-corrected chi connectivity index (χ3v) is 3.07. The Morgan fingerprint density at radius 1 is 1.25 bits per heavy atom. The van der Waals surface area contributed by atoms with Crippen LogP contribution in [0.1, 0.15) is 16.2 Å². The highest BCUT2D eigenvalue weighted by atomic mass is 35.5. The Morgan fingerprint density at radius 3 is 2.75 bits per heavy atom. The summed E-state index contributed by atoms with van der Waals surface area (Å²) in [7, 11) is 0. The molecule has 1 N–H and O–H groups in total. The van der Waals surface area contributed by atoms with E-state index < -0.39 is 0 Å². The molecule has 0 radical (unpaired) electrons. The summed E-state index contributed by atoms with van der Waals surface area (Å²) < 4.78 is 1.63. The third-order valence-electron chi connectivity index (χ3n) is 2.82. The number of carbonyl (C=O) groups is 1. The second kappa shape index (κ2) is 4.94. The molecule has 5 nitrogen and oxygen atoms in total. The van der Waals surface area contributed by atoms with E-state index in [1.165, 1.54) is 0 Å². The molecule has 0 aliphatic carbocycles. The van der Waals surface area contributed by atoms with Gasteiger partial charge in [-0.05, 0) is 43.3 Å². The van der Waals surface area contributed by atoms with Gasteiger partial charge in [-0.25, -0.2) is 9.50 Å². The summed E-state index contributed by atoms with van der Waals surface area (Å²) in [6.07, 6.45) is 1.78. The van der Waals surface area contributed by atoms with Gasteiger partial charge in [-0.2, -0.15) is 5.10 Å². The molecule has 0 spiro atoms. The zero-order valence-corrected chi connectivity index (χ0v) is 11.4.